The summed E-state index contributed by atoms with van der Waals surface area (Å²) in [7, 11) is 0. The fraction of sp³-hybridized carbons (Fsp3) is 0.462. The van der Waals surface area contributed by atoms with Crippen LogP contribution in [0.25, 0.3) is 10.9 Å². The number of hydrogen-bond acceptors (Lipinski definition) is 1. The Morgan fingerprint density at radius 1 is 1.00 bits per heavy atom. The predicted molar refractivity (Wildman–Crippen MR) is 68.3 cm³/mol. The molecule has 2 aromatic heterocycles. The van der Waals surface area contributed by atoms with Gasteiger partial charge in [0.2, 0.25) is 0 Å². The molecule has 0 saturated carbocycles. The van der Waals surface area contributed by atoms with E-state index in [1.807, 2.05) is 40.8 Å². The van der Waals surface area contributed by atoms with E-state index in [9.17, 15) is 0 Å². The third-order valence-electron chi connectivity index (χ3n) is 1.78. The second-order valence-electron chi connectivity index (χ2n) is 2.87. The van der Waals surface area contributed by atoms with E-state index in [0.717, 1.165) is 11.2 Å². The molecular weight excluding hydrogens is 184 g/mol. The lowest BCUT2D eigenvalue weighted by Gasteiger charge is -1.89. The summed E-state index contributed by atoms with van der Waals surface area (Å²) >= 11 is 0. The number of H-pyrrole nitrogens is 1. The van der Waals surface area contributed by atoms with Crippen molar-refractivity contribution < 1.29 is 0 Å². The minimum atomic E-state index is 1.07. The number of aromatic amines is 1. The average molecular weight is 206 g/mol. The molecule has 0 amide bonds. The van der Waals surface area contributed by atoms with Crippen LogP contribution in [-0.4, -0.2) is 9.97 Å². The highest BCUT2D eigenvalue weighted by molar-refractivity contribution is 5.79. The summed E-state index contributed by atoms with van der Waals surface area (Å²) in [5.74, 6) is 0. The van der Waals surface area contributed by atoms with Gasteiger partial charge in [-0.25, -0.2) is 0 Å². The summed E-state index contributed by atoms with van der Waals surface area (Å²) < 4.78 is 0. The maximum atomic E-state index is 4.19. The first kappa shape index (κ1) is 13.7. The Morgan fingerprint density at radius 3 is 2.20 bits per heavy atom. The highest BCUT2D eigenvalue weighted by Gasteiger charge is 1.96. The zero-order chi connectivity index (χ0) is 11.8. The number of pyridine rings is 1. The van der Waals surface area contributed by atoms with E-state index in [1.165, 1.54) is 11.1 Å². The van der Waals surface area contributed by atoms with Crippen LogP contribution < -0.4 is 0 Å². The Kier molecular flexibility index (Phi) is 6.43. The van der Waals surface area contributed by atoms with Crippen LogP contribution in [-0.2, 0) is 0 Å². The molecule has 0 aromatic carbocycles. The van der Waals surface area contributed by atoms with Gasteiger partial charge in [-0.1, -0.05) is 27.7 Å². The quantitative estimate of drug-likeness (QED) is 0.686. The van der Waals surface area contributed by atoms with Gasteiger partial charge in [-0.05, 0) is 26.0 Å². The van der Waals surface area contributed by atoms with Crippen LogP contribution in [0.3, 0.4) is 0 Å². The molecule has 2 heteroatoms. The first-order valence-corrected chi connectivity index (χ1v) is 5.68. The monoisotopic (exact) mass is 206 g/mol. The lowest BCUT2D eigenvalue weighted by atomic mass is 10.3. The maximum absolute atomic E-state index is 4.19. The third-order valence-corrected chi connectivity index (χ3v) is 1.78. The fourth-order valence-electron chi connectivity index (χ4n) is 1.29. The number of nitrogens with one attached hydrogen (secondary N) is 1. The van der Waals surface area contributed by atoms with Crippen molar-refractivity contribution >= 4 is 10.9 Å². The van der Waals surface area contributed by atoms with Crippen LogP contribution >= 0.6 is 0 Å². The maximum Gasteiger partial charge on any atom is 0.0642 e. The van der Waals surface area contributed by atoms with Gasteiger partial charge in [0, 0.05) is 16.8 Å². The number of aromatic nitrogens is 2. The molecule has 0 radical (unpaired) electrons. The van der Waals surface area contributed by atoms with Crippen molar-refractivity contribution in [3.8, 4) is 0 Å². The van der Waals surface area contributed by atoms with E-state index >= 15 is 0 Å². The summed E-state index contributed by atoms with van der Waals surface area (Å²) in [6, 6.07) is 4.21. The molecular formula is C13H22N2. The Morgan fingerprint density at radius 2 is 1.60 bits per heavy atom. The summed E-state index contributed by atoms with van der Waals surface area (Å²) in [5.41, 5.74) is 3.37. The molecule has 0 spiro atoms. The Labute approximate surface area is 92.7 Å². The molecule has 2 rings (SSSR count). The molecule has 0 unspecified atom stereocenters. The van der Waals surface area contributed by atoms with Crippen LogP contribution in [0.2, 0.25) is 0 Å². The number of hydrogen-bond donors (Lipinski definition) is 1. The SMILES string of the molecule is CC.CC.Cc1cc2cc(C)[nH]c2cn1. The molecule has 2 heterocycles. The van der Waals surface area contributed by atoms with Gasteiger partial charge in [0.05, 0.1) is 11.7 Å². The van der Waals surface area contributed by atoms with Crippen LogP contribution in [0, 0.1) is 13.8 Å². The lowest BCUT2D eigenvalue weighted by Crippen LogP contribution is -1.77. The normalized spacial score (nSPS) is 8.67. The second-order valence-corrected chi connectivity index (χ2v) is 2.87. The van der Waals surface area contributed by atoms with Gasteiger partial charge in [0.1, 0.15) is 0 Å². The number of aryl methyl sites for hydroxylation is 2. The molecule has 15 heavy (non-hydrogen) atoms. The molecule has 1 N–H and O–H groups in total. The van der Waals surface area contributed by atoms with Crippen molar-refractivity contribution in [2.24, 2.45) is 0 Å². The highest BCUT2D eigenvalue weighted by atomic mass is 14.8. The summed E-state index contributed by atoms with van der Waals surface area (Å²) in [5, 5.41) is 1.25. The molecule has 0 aliphatic heterocycles. The van der Waals surface area contributed by atoms with Crippen LogP contribution in [0.5, 0.6) is 0 Å². The van der Waals surface area contributed by atoms with E-state index in [2.05, 4.69) is 29.0 Å². The van der Waals surface area contributed by atoms with Crippen molar-refractivity contribution in [1.29, 1.82) is 0 Å². The number of rotatable bonds is 0. The van der Waals surface area contributed by atoms with Crippen molar-refractivity contribution in [3.05, 3.63) is 29.7 Å². The lowest BCUT2D eigenvalue weighted by molar-refractivity contribution is 1.21. The van der Waals surface area contributed by atoms with Gasteiger partial charge in [0.25, 0.3) is 0 Å². The average Bonchev–Trinajstić information content (AvgIpc) is 2.63. The highest BCUT2D eigenvalue weighted by Crippen LogP contribution is 2.13. The fourth-order valence-corrected chi connectivity index (χ4v) is 1.29. The van der Waals surface area contributed by atoms with Crippen LogP contribution in [0.1, 0.15) is 39.1 Å². The molecule has 2 nitrogen and oxygen atoms in total. The van der Waals surface area contributed by atoms with Gasteiger partial charge < -0.3 is 4.98 Å². The van der Waals surface area contributed by atoms with Gasteiger partial charge in [0.15, 0.2) is 0 Å². The second kappa shape index (κ2) is 7.04. The van der Waals surface area contributed by atoms with Crippen molar-refractivity contribution in [3.63, 3.8) is 0 Å². The Bertz CT molecular complexity index is 388. The summed E-state index contributed by atoms with van der Waals surface area (Å²) in [6.45, 7) is 12.1. The van der Waals surface area contributed by atoms with Gasteiger partial charge in [-0.2, -0.15) is 0 Å². The topological polar surface area (TPSA) is 28.7 Å². The van der Waals surface area contributed by atoms with E-state index < -0.39 is 0 Å². The van der Waals surface area contributed by atoms with Crippen molar-refractivity contribution in [2.45, 2.75) is 41.5 Å². The standard InChI is InChI=1S/C9H10N2.2C2H6/c1-6-3-8-4-7(2)11-9(8)5-10-6;2*1-2/h3-5,11H,1-2H3;2*1-2H3. The first-order valence-electron chi connectivity index (χ1n) is 5.68. The molecule has 0 aliphatic carbocycles. The largest absolute Gasteiger partial charge is 0.357 e. The van der Waals surface area contributed by atoms with Crippen molar-refractivity contribution in [2.75, 3.05) is 0 Å². The Hall–Kier alpha value is -1.31. The minimum Gasteiger partial charge on any atom is -0.357 e. The molecule has 2 aromatic rings. The molecule has 0 fully saturated rings. The zero-order valence-corrected chi connectivity index (χ0v) is 10.7. The smallest absolute Gasteiger partial charge is 0.0642 e. The van der Waals surface area contributed by atoms with Crippen LogP contribution in [0.15, 0.2) is 18.3 Å². The van der Waals surface area contributed by atoms with E-state index in [-0.39, 0.29) is 0 Å². The van der Waals surface area contributed by atoms with Gasteiger partial charge >= 0.3 is 0 Å². The molecule has 0 aliphatic rings. The Balaban J connectivity index is 0.000000442. The van der Waals surface area contributed by atoms with Crippen LogP contribution in [0.4, 0.5) is 0 Å². The molecule has 84 valence electrons. The summed E-state index contributed by atoms with van der Waals surface area (Å²) in [4.78, 5) is 7.41. The third kappa shape index (κ3) is 3.74. The predicted octanol–water partition coefficient (Wildman–Crippen LogP) is 4.23. The van der Waals surface area contributed by atoms with Crippen molar-refractivity contribution in [1.82, 2.24) is 9.97 Å². The number of nitrogens with zero attached hydrogens (tertiary/aromatic N) is 1. The first-order chi connectivity index (χ1) is 7.25. The van der Waals surface area contributed by atoms with E-state index in [0.29, 0.717) is 0 Å². The van der Waals surface area contributed by atoms with Gasteiger partial charge in [-0.3, -0.25) is 4.98 Å². The van der Waals surface area contributed by atoms with E-state index in [4.69, 9.17) is 0 Å². The molecule has 0 atom stereocenters. The summed E-state index contributed by atoms with van der Waals surface area (Å²) in [6.07, 6.45) is 1.87. The van der Waals surface area contributed by atoms with Gasteiger partial charge in [-0.15, -0.1) is 0 Å². The molecule has 0 bridgehead atoms. The van der Waals surface area contributed by atoms with E-state index in [1.54, 1.807) is 0 Å². The number of fused-ring (bicyclic) bond motifs is 1. The zero-order valence-electron chi connectivity index (χ0n) is 10.7. The minimum absolute atomic E-state index is 1.07. The molecule has 0 saturated heterocycles.